The Hall–Kier alpha value is -1.26. The van der Waals surface area contributed by atoms with Crippen LogP contribution in [0, 0.1) is 0 Å². The second kappa shape index (κ2) is 7.92. The summed E-state index contributed by atoms with van der Waals surface area (Å²) in [6, 6.07) is 0.253. The molecule has 0 aromatic rings. The van der Waals surface area contributed by atoms with Gasteiger partial charge < -0.3 is 14.5 Å². The van der Waals surface area contributed by atoms with E-state index in [1.807, 2.05) is 13.8 Å². The molecule has 0 spiro atoms. The monoisotopic (exact) mass is 244 g/mol. The molecular weight excluding hydrogens is 220 g/mol. The van der Waals surface area contributed by atoms with Crippen molar-refractivity contribution in [1.82, 2.24) is 9.80 Å². The second-order valence-corrected chi connectivity index (χ2v) is 3.82. The Kier molecular flexibility index (Phi) is 7.34. The maximum atomic E-state index is 11.2. The second-order valence-electron chi connectivity index (χ2n) is 3.82. The van der Waals surface area contributed by atoms with E-state index in [0.717, 1.165) is 12.8 Å². The zero-order chi connectivity index (χ0) is 13.4. The Bertz CT molecular complexity index is 248. The molecule has 0 atom stereocenters. The van der Waals surface area contributed by atoms with Crippen molar-refractivity contribution in [3.05, 3.63) is 0 Å². The summed E-state index contributed by atoms with van der Waals surface area (Å²) < 4.78 is 4.64. The van der Waals surface area contributed by atoms with Crippen molar-refractivity contribution in [2.45, 2.75) is 39.7 Å². The van der Waals surface area contributed by atoms with Gasteiger partial charge in [0.15, 0.2) is 0 Å². The number of hydrogen-bond acceptors (Lipinski definition) is 3. The summed E-state index contributed by atoms with van der Waals surface area (Å²) in [5.41, 5.74) is 0. The number of carbonyl (C=O) groups is 2. The Morgan fingerprint density at radius 2 is 1.71 bits per heavy atom. The van der Waals surface area contributed by atoms with Crippen LogP contribution in [0.4, 0.5) is 4.79 Å². The van der Waals surface area contributed by atoms with Gasteiger partial charge in [-0.05, 0) is 12.8 Å². The fraction of sp³-hybridized carbons (Fsp3) is 0.833. The van der Waals surface area contributed by atoms with Crippen LogP contribution in [0.3, 0.4) is 0 Å². The smallest absolute Gasteiger partial charge is 0.409 e. The molecule has 0 aromatic carbocycles. The first kappa shape index (κ1) is 15.7. The molecule has 1 aliphatic heterocycles. The van der Waals surface area contributed by atoms with Gasteiger partial charge in [-0.1, -0.05) is 13.8 Å². The molecule has 0 aromatic heterocycles. The van der Waals surface area contributed by atoms with E-state index in [2.05, 4.69) is 4.74 Å². The first-order valence-electron chi connectivity index (χ1n) is 6.12. The van der Waals surface area contributed by atoms with Gasteiger partial charge in [-0.25, -0.2) is 4.79 Å². The molecule has 1 fully saturated rings. The molecule has 1 rings (SSSR count). The molecule has 0 aliphatic carbocycles. The molecule has 5 heteroatoms. The molecule has 1 aliphatic rings. The highest BCUT2D eigenvalue weighted by molar-refractivity contribution is 5.73. The Balaban J connectivity index is 0.00000121. The summed E-state index contributed by atoms with van der Waals surface area (Å²) in [6.07, 6.45) is 1.37. The fourth-order valence-corrected chi connectivity index (χ4v) is 1.82. The van der Waals surface area contributed by atoms with Crippen LogP contribution in [-0.2, 0) is 9.53 Å². The summed E-state index contributed by atoms with van der Waals surface area (Å²) in [6.45, 7) is 6.89. The third kappa shape index (κ3) is 4.63. The van der Waals surface area contributed by atoms with Crippen LogP contribution in [-0.4, -0.2) is 55.1 Å². The lowest BCUT2D eigenvalue weighted by Crippen LogP contribution is -2.46. The summed E-state index contributed by atoms with van der Waals surface area (Å²) in [5, 5.41) is 0. The molecule has 0 saturated carbocycles. The Morgan fingerprint density at radius 1 is 1.24 bits per heavy atom. The number of methoxy groups -OCH3 is 1. The van der Waals surface area contributed by atoms with Crippen LogP contribution >= 0.6 is 0 Å². The largest absolute Gasteiger partial charge is 0.453 e. The first-order valence-corrected chi connectivity index (χ1v) is 6.12. The number of likely N-dealkylation sites (tertiary alicyclic amines) is 1. The lowest BCUT2D eigenvalue weighted by molar-refractivity contribution is -0.130. The van der Waals surface area contributed by atoms with Crippen LogP contribution in [0.25, 0.3) is 0 Å². The van der Waals surface area contributed by atoms with E-state index in [1.165, 1.54) is 7.11 Å². The lowest BCUT2D eigenvalue weighted by Gasteiger charge is -2.35. The van der Waals surface area contributed by atoms with Crippen molar-refractivity contribution in [1.29, 1.82) is 0 Å². The number of hydrogen-bond donors (Lipinski definition) is 0. The van der Waals surface area contributed by atoms with Gasteiger partial charge in [0, 0.05) is 33.1 Å². The molecule has 0 N–H and O–H groups in total. The lowest BCUT2D eigenvalue weighted by atomic mass is 10.0. The van der Waals surface area contributed by atoms with Gasteiger partial charge in [0.25, 0.3) is 0 Å². The van der Waals surface area contributed by atoms with Crippen LogP contribution in [0.5, 0.6) is 0 Å². The van der Waals surface area contributed by atoms with E-state index >= 15 is 0 Å². The van der Waals surface area contributed by atoms with Gasteiger partial charge in [-0.2, -0.15) is 0 Å². The van der Waals surface area contributed by atoms with E-state index in [-0.39, 0.29) is 18.0 Å². The number of rotatable bonds is 1. The van der Waals surface area contributed by atoms with Crippen molar-refractivity contribution < 1.29 is 14.3 Å². The van der Waals surface area contributed by atoms with E-state index in [9.17, 15) is 9.59 Å². The van der Waals surface area contributed by atoms with E-state index in [0.29, 0.717) is 13.1 Å². The van der Waals surface area contributed by atoms with Gasteiger partial charge in [-0.15, -0.1) is 0 Å². The Labute approximate surface area is 104 Å². The molecule has 0 radical (unpaired) electrons. The minimum Gasteiger partial charge on any atom is -0.453 e. The van der Waals surface area contributed by atoms with Crippen molar-refractivity contribution >= 4 is 12.0 Å². The molecule has 17 heavy (non-hydrogen) atoms. The standard InChI is InChI=1S/C10H18N2O3.C2H6/c1-8(13)11(2)9-4-6-12(7-5-9)10(14)15-3;1-2/h9H,4-7H2,1-3H3;1-2H3. The average molecular weight is 244 g/mol. The van der Waals surface area contributed by atoms with Crippen molar-refractivity contribution in [3.8, 4) is 0 Å². The third-order valence-electron chi connectivity index (χ3n) is 2.94. The van der Waals surface area contributed by atoms with Crippen molar-refractivity contribution in [3.63, 3.8) is 0 Å². The van der Waals surface area contributed by atoms with E-state index in [1.54, 1.807) is 23.8 Å². The predicted octanol–water partition coefficient (Wildman–Crippen LogP) is 1.72. The quantitative estimate of drug-likeness (QED) is 0.705. The highest BCUT2D eigenvalue weighted by Gasteiger charge is 2.26. The first-order chi connectivity index (χ1) is 8.06. The minimum absolute atomic E-state index is 0.0755. The number of nitrogens with zero attached hydrogens (tertiary/aromatic N) is 2. The highest BCUT2D eigenvalue weighted by Crippen LogP contribution is 2.15. The molecule has 100 valence electrons. The number of piperidine rings is 1. The predicted molar refractivity (Wildman–Crippen MR) is 66.8 cm³/mol. The SMILES string of the molecule is CC.COC(=O)N1CCC(N(C)C(C)=O)CC1. The summed E-state index contributed by atoms with van der Waals surface area (Å²) in [5.74, 6) is 0.0755. The topological polar surface area (TPSA) is 49.9 Å². The molecule has 5 nitrogen and oxygen atoms in total. The minimum atomic E-state index is -0.279. The van der Waals surface area contributed by atoms with Gasteiger partial charge in [0.05, 0.1) is 7.11 Å². The third-order valence-corrected chi connectivity index (χ3v) is 2.94. The van der Waals surface area contributed by atoms with Crippen LogP contribution in [0.1, 0.15) is 33.6 Å². The van der Waals surface area contributed by atoms with Gasteiger partial charge >= 0.3 is 6.09 Å². The molecule has 1 heterocycles. The van der Waals surface area contributed by atoms with Crippen molar-refractivity contribution in [2.75, 3.05) is 27.2 Å². The van der Waals surface area contributed by atoms with Gasteiger partial charge in [0.1, 0.15) is 0 Å². The zero-order valence-corrected chi connectivity index (χ0v) is 11.5. The van der Waals surface area contributed by atoms with Gasteiger partial charge in [-0.3, -0.25) is 4.79 Å². The van der Waals surface area contributed by atoms with Crippen molar-refractivity contribution in [2.24, 2.45) is 0 Å². The number of ether oxygens (including phenoxy) is 1. The van der Waals surface area contributed by atoms with Crippen LogP contribution < -0.4 is 0 Å². The molecule has 0 bridgehead atoms. The number of amides is 2. The van der Waals surface area contributed by atoms with Gasteiger partial charge in [0.2, 0.25) is 5.91 Å². The normalized spacial score (nSPS) is 15.7. The summed E-state index contributed by atoms with van der Waals surface area (Å²) in [4.78, 5) is 25.8. The molecular formula is C12H24N2O3. The molecule has 0 unspecified atom stereocenters. The maximum Gasteiger partial charge on any atom is 0.409 e. The summed E-state index contributed by atoms with van der Waals surface area (Å²) in [7, 11) is 3.19. The zero-order valence-electron chi connectivity index (χ0n) is 11.5. The number of carbonyl (C=O) groups excluding carboxylic acids is 2. The summed E-state index contributed by atoms with van der Waals surface area (Å²) >= 11 is 0. The molecule has 1 saturated heterocycles. The Morgan fingerprint density at radius 3 is 2.06 bits per heavy atom. The highest BCUT2D eigenvalue weighted by atomic mass is 16.5. The average Bonchev–Trinajstić information content (AvgIpc) is 2.39. The van der Waals surface area contributed by atoms with E-state index < -0.39 is 0 Å². The maximum absolute atomic E-state index is 11.2. The molecule has 2 amide bonds. The van der Waals surface area contributed by atoms with Crippen LogP contribution in [0.15, 0.2) is 0 Å². The van der Waals surface area contributed by atoms with E-state index in [4.69, 9.17) is 0 Å². The fourth-order valence-electron chi connectivity index (χ4n) is 1.82. The van der Waals surface area contributed by atoms with Crippen LogP contribution in [0.2, 0.25) is 0 Å².